The standard InChI is InChI=1S/C18H29N3/c1-16-6-13-7-17(2,10-16)12-18(8-13,11-16)9-14(19)5-15-20-3-4-21-15/h3-4,13-14H,5-12,19H2,1-2H3,(H,20,21). The molecule has 3 nitrogen and oxygen atoms in total. The molecule has 0 saturated heterocycles. The van der Waals surface area contributed by atoms with Gasteiger partial charge in [0.15, 0.2) is 0 Å². The van der Waals surface area contributed by atoms with Gasteiger partial charge in [0.05, 0.1) is 0 Å². The lowest BCUT2D eigenvalue weighted by Crippen LogP contribution is -2.56. The highest BCUT2D eigenvalue weighted by Gasteiger charge is 2.59. The molecule has 1 aromatic heterocycles. The first kappa shape index (κ1) is 13.8. The van der Waals surface area contributed by atoms with E-state index in [4.69, 9.17) is 5.73 Å². The van der Waals surface area contributed by atoms with E-state index >= 15 is 0 Å². The Balaban J connectivity index is 1.51. The molecule has 0 aromatic carbocycles. The quantitative estimate of drug-likeness (QED) is 0.888. The fourth-order valence-electron chi connectivity index (χ4n) is 7.20. The van der Waals surface area contributed by atoms with Crippen molar-refractivity contribution in [2.45, 2.75) is 71.3 Å². The van der Waals surface area contributed by atoms with Crippen molar-refractivity contribution in [2.75, 3.05) is 0 Å². The van der Waals surface area contributed by atoms with Crippen molar-refractivity contribution in [3.63, 3.8) is 0 Å². The van der Waals surface area contributed by atoms with Crippen LogP contribution in [0.4, 0.5) is 0 Å². The Labute approximate surface area is 128 Å². The van der Waals surface area contributed by atoms with Crippen LogP contribution in [0.5, 0.6) is 0 Å². The van der Waals surface area contributed by atoms with E-state index in [0.29, 0.717) is 16.2 Å². The molecule has 0 aliphatic heterocycles. The lowest BCUT2D eigenvalue weighted by atomic mass is 9.39. The van der Waals surface area contributed by atoms with Crippen LogP contribution in [0.1, 0.15) is 64.6 Å². The van der Waals surface area contributed by atoms with Gasteiger partial charge in [0.2, 0.25) is 0 Å². The Kier molecular flexibility index (Phi) is 2.86. The molecule has 4 bridgehead atoms. The predicted molar refractivity (Wildman–Crippen MR) is 84.7 cm³/mol. The first-order chi connectivity index (χ1) is 9.88. The number of imidazole rings is 1. The van der Waals surface area contributed by atoms with Crippen molar-refractivity contribution in [1.29, 1.82) is 0 Å². The largest absolute Gasteiger partial charge is 0.349 e. The van der Waals surface area contributed by atoms with E-state index in [-0.39, 0.29) is 6.04 Å². The summed E-state index contributed by atoms with van der Waals surface area (Å²) in [6.07, 6.45) is 14.5. The summed E-state index contributed by atoms with van der Waals surface area (Å²) in [6, 6.07) is 0.250. The van der Waals surface area contributed by atoms with Gasteiger partial charge in [-0.2, -0.15) is 0 Å². The molecule has 3 atom stereocenters. The molecule has 0 amide bonds. The van der Waals surface area contributed by atoms with Crippen LogP contribution in [-0.4, -0.2) is 16.0 Å². The molecular formula is C18H29N3. The zero-order valence-electron chi connectivity index (χ0n) is 13.5. The molecule has 3 unspecified atom stereocenters. The Morgan fingerprint density at radius 2 is 1.95 bits per heavy atom. The number of hydrogen-bond donors (Lipinski definition) is 2. The van der Waals surface area contributed by atoms with Gasteiger partial charge in [-0.15, -0.1) is 0 Å². The van der Waals surface area contributed by atoms with E-state index < -0.39 is 0 Å². The summed E-state index contributed by atoms with van der Waals surface area (Å²) in [5.74, 6) is 2.01. The molecule has 1 aromatic rings. The third-order valence-electron chi connectivity index (χ3n) is 6.45. The van der Waals surface area contributed by atoms with Gasteiger partial charge in [0.1, 0.15) is 5.82 Å². The normalized spacial score (nSPS) is 46.0. The van der Waals surface area contributed by atoms with E-state index in [2.05, 4.69) is 23.8 Å². The molecule has 21 heavy (non-hydrogen) atoms. The molecule has 5 rings (SSSR count). The van der Waals surface area contributed by atoms with Crippen LogP contribution in [-0.2, 0) is 6.42 Å². The zero-order chi connectivity index (χ0) is 14.7. The maximum atomic E-state index is 6.51. The highest BCUT2D eigenvalue weighted by molar-refractivity contribution is 5.11. The number of aromatic amines is 1. The van der Waals surface area contributed by atoms with Crippen molar-refractivity contribution < 1.29 is 0 Å². The maximum Gasteiger partial charge on any atom is 0.107 e. The lowest BCUT2D eigenvalue weighted by molar-refractivity contribution is -0.149. The van der Waals surface area contributed by atoms with Crippen molar-refractivity contribution in [2.24, 2.45) is 27.9 Å². The molecule has 4 aliphatic carbocycles. The number of aromatic nitrogens is 2. The Hall–Kier alpha value is -0.830. The van der Waals surface area contributed by atoms with Crippen LogP contribution < -0.4 is 5.73 Å². The first-order valence-electron chi connectivity index (χ1n) is 8.62. The number of hydrogen-bond acceptors (Lipinski definition) is 2. The second kappa shape index (κ2) is 4.34. The molecule has 0 spiro atoms. The number of rotatable bonds is 4. The van der Waals surface area contributed by atoms with Gasteiger partial charge in [-0.3, -0.25) is 0 Å². The summed E-state index contributed by atoms with van der Waals surface area (Å²) in [4.78, 5) is 7.54. The van der Waals surface area contributed by atoms with Gasteiger partial charge in [0, 0.05) is 24.9 Å². The average Bonchev–Trinajstić information content (AvgIpc) is 2.74. The molecule has 116 valence electrons. The molecule has 0 radical (unpaired) electrons. The van der Waals surface area contributed by atoms with Gasteiger partial charge in [-0.1, -0.05) is 13.8 Å². The van der Waals surface area contributed by atoms with Crippen LogP contribution in [0.3, 0.4) is 0 Å². The van der Waals surface area contributed by atoms with E-state index in [9.17, 15) is 0 Å². The molecule has 4 saturated carbocycles. The minimum Gasteiger partial charge on any atom is -0.349 e. The van der Waals surface area contributed by atoms with E-state index in [1.807, 2.05) is 12.4 Å². The predicted octanol–water partition coefficient (Wildman–Crippen LogP) is 3.67. The molecule has 4 aliphatic rings. The van der Waals surface area contributed by atoms with Gasteiger partial charge in [0.25, 0.3) is 0 Å². The number of nitrogens with zero attached hydrogens (tertiary/aromatic N) is 1. The minimum absolute atomic E-state index is 0.250. The second-order valence-corrected chi connectivity index (χ2v) is 9.33. The van der Waals surface area contributed by atoms with Crippen LogP contribution in [0.2, 0.25) is 0 Å². The molecule has 1 heterocycles. The number of nitrogens with one attached hydrogen (secondary N) is 1. The average molecular weight is 287 g/mol. The summed E-state index contributed by atoms with van der Waals surface area (Å²) in [6.45, 7) is 5.09. The topological polar surface area (TPSA) is 54.7 Å². The van der Waals surface area contributed by atoms with Gasteiger partial charge in [-0.25, -0.2) is 4.98 Å². The van der Waals surface area contributed by atoms with Crippen molar-refractivity contribution in [1.82, 2.24) is 9.97 Å². The molecule has 4 fully saturated rings. The SMILES string of the molecule is CC12CC3CC(C)(C1)CC(CC(N)Cc1ncc[nH]1)(C3)C2. The Morgan fingerprint density at radius 3 is 2.52 bits per heavy atom. The molecular weight excluding hydrogens is 258 g/mol. The highest BCUT2D eigenvalue weighted by atomic mass is 14.9. The summed E-state index contributed by atoms with van der Waals surface area (Å²) in [7, 11) is 0. The van der Waals surface area contributed by atoms with Crippen LogP contribution in [0.25, 0.3) is 0 Å². The van der Waals surface area contributed by atoms with Crippen LogP contribution >= 0.6 is 0 Å². The Morgan fingerprint density at radius 1 is 1.24 bits per heavy atom. The van der Waals surface area contributed by atoms with Crippen molar-refractivity contribution in [3.05, 3.63) is 18.2 Å². The monoisotopic (exact) mass is 287 g/mol. The third kappa shape index (κ3) is 2.44. The van der Waals surface area contributed by atoms with Crippen molar-refractivity contribution >= 4 is 0 Å². The zero-order valence-corrected chi connectivity index (χ0v) is 13.5. The van der Waals surface area contributed by atoms with Gasteiger partial charge >= 0.3 is 0 Å². The highest BCUT2D eigenvalue weighted by Crippen LogP contribution is 2.70. The molecule has 3 N–H and O–H groups in total. The second-order valence-electron chi connectivity index (χ2n) is 9.33. The fraction of sp³-hybridized carbons (Fsp3) is 0.833. The minimum atomic E-state index is 0.250. The van der Waals surface area contributed by atoms with Gasteiger partial charge in [-0.05, 0) is 67.1 Å². The fourth-order valence-corrected chi connectivity index (χ4v) is 7.20. The summed E-state index contributed by atoms with van der Waals surface area (Å²) in [5.41, 5.74) is 8.23. The van der Waals surface area contributed by atoms with E-state index in [0.717, 1.165) is 18.2 Å². The number of nitrogens with two attached hydrogens (primary N) is 1. The molecule has 3 heteroatoms. The van der Waals surface area contributed by atoms with E-state index in [1.54, 1.807) is 0 Å². The van der Waals surface area contributed by atoms with Crippen LogP contribution in [0, 0.1) is 22.2 Å². The summed E-state index contributed by atoms with van der Waals surface area (Å²) >= 11 is 0. The van der Waals surface area contributed by atoms with Crippen molar-refractivity contribution in [3.8, 4) is 0 Å². The summed E-state index contributed by atoms with van der Waals surface area (Å²) in [5, 5.41) is 0. The van der Waals surface area contributed by atoms with Crippen LogP contribution in [0.15, 0.2) is 12.4 Å². The third-order valence-corrected chi connectivity index (χ3v) is 6.45. The van der Waals surface area contributed by atoms with Gasteiger partial charge < -0.3 is 10.7 Å². The maximum absolute atomic E-state index is 6.51. The number of H-pyrrole nitrogens is 1. The first-order valence-corrected chi connectivity index (χ1v) is 8.62. The smallest absolute Gasteiger partial charge is 0.107 e. The lowest BCUT2D eigenvalue weighted by Gasteiger charge is -2.66. The van der Waals surface area contributed by atoms with E-state index in [1.165, 1.54) is 44.9 Å². The Bertz CT molecular complexity index is 503. The summed E-state index contributed by atoms with van der Waals surface area (Å²) < 4.78 is 0.